The second-order valence-electron chi connectivity index (χ2n) is 9.69. The Morgan fingerprint density at radius 1 is 1.00 bits per heavy atom. The van der Waals surface area contributed by atoms with Crippen LogP contribution >= 0.6 is 0 Å². The molecular formula is C29H43N3O3. The molecule has 6 heteroatoms. The number of benzene rings is 1. The minimum Gasteiger partial charge on any atom is -0.385 e. The van der Waals surface area contributed by atoms with Crippen molar-refractivity contribution in [3.8, 4) is 0 Å². The number of nitrogens with zero attached hydrogens (tertiary/aromatic N) is 3. The maximum atomic E-state index is 13.8. The summed E-state index contributed by atoms with van der Waals surface area (Å²) < 4.78 is 7.43. The van der Waals surface area contributed by atoms with E-state index in [2.05, 4.69) is 59.0 Å². The van der Waals surface area contributed by atoms with E-state index in [9.17, 15) is 9.59 Å². The molecule has 0 bridgehead atoms. The molecule has 192 valence electrons. The summed E-state index contributed by atoms with van der Waals surface area (Å²) in [6.07, 6.45) is 10.8. The average molecular weight is 482 g/mol. The molecule has 0 saturated heterocycles. The number of carbonyl (C=O) groups is 2. The zero-order valence-electron chi connectivity index (χ0n) is 21.7. The van der Waals surface area contributed by atoms with E-state index in [1.807, 2.05) is 6.07 Å². The predicted molar refractivity (Wildman–Crippen MR) is 140 cm³/mol. The third-order valence-electron chi connectivity index (χ3n) is 6.99. The fourth-order valence-electron chi connectivity index (χ4n) is 4.95. The lowest BCUT2D eigenvalue weighted by atomic mass is 9.94. The van der Waals surface area contributed by atoms with E-state index in [1.54, 1.807) is 12.0 Å². The number of rotatable bonds is 14. The molecule has 1 aliphatic rings. The average Bonchev–Trinajstić information content (AvgIpc) is 3.32. The molecule has 6 nitrogen and oxygen atoms in total. The van der Waals surface area contributed by atoms with Gasteiger partial charge in [-0.2, -0.15) is 0 Å². The highest BCUT2D eigenvalue weighted by molar-refractivity contribution is 5.85. The van der Waals surface area contributed by atoms with Crippen LogP contribution in [0.3, 0.4) is 0 Å². The van der Waals surface area contributed by atoms with Gasteiger partial charge in [-0.3, -0.25) is 9.59 Å². The first-order valence-electron chi connectivity index (χ1n) is 13.4. The van der Waals surface area contributed by atoms with Crippen LogP contribution in [0.2, 0.25) is 0 Å². The molecule has 1 heterocycles. The van der Waals surface area contributed by atoms with E-state index >= 15 is 0 Å². The predicted octanol–water partition coefficient (Wildman–Crippen LogP) is 5.25. The van der Waals surface area contributed by atoms with Gasteiger partial charge in [0.15, 0.2) is 0 Å². The maximum Gasteiger partial charge on any atom is 0.242 e. The number of amides is 2. The van der Waals surface area contributed by atoms with E-state index < -0.39 is 0 Å². The topological polar surface area (TPSA) is 54.8 Å². The van der Waals surface area contributed by atoms with Crippen molar-refractivity contribution < 1.29 is 14.3 Å². The fraction of sp³-hybridized carbons (Fsp3) is 0.586. The Hall–Kier alpha value is -2.60. The maximum absolute atomic E-state index is 13.8. The SMILES string of the molecule is CCCCC(=O)N(CCCOC)CC(=O)N(Cc1cccn1Cc1ccccc1)C1CCCCC1. The van der Waals surface area contributed by atoms with Crippen molar-refractivity contribution in [2.24, 2.45) is 0 Å². The van der Waals surface area contributed by atoms with E-state index in [0.717, 1.165) is 57.2 Å². The molecule has 1 aromatic heterocycles. The molecule has 0 N–H and O–H groups in total. The first-order valence-corrected chi connectivity index (χ1v) is 13.4. The van der Waals surface area contributed by atoms with Crippen LogP contribution < -0.4 is 0 Å². The molecule has 3 rings (SSSR count). The molecule has 0 unspecified atom stereocenters. The van der Waals surface area contributed by atoms with Gasteiger partial charge in [0.25, 0.3) is 0 Å². The molecule has 0 atom stereocenters. The molecule has 1 fully saturated rings. The first kappa shape index (κ1) is 27.0. The smallest absolute Gasteiger partial charge is 0.242 e. The van der Waals surface area contributed by atoms with Gasteiger partial charge in [0.2, 0.25) is 11.8 Å². The molecule has 2 aromatic rings. The van der Waals surface area contributed by atoms with Crippen LogP contribution in [0.4, 0.5) is 0 Å². The molecule has 1 aromatic carbocycles. The zero-order chi connectivity index (χ0) is 24.9. The molecule has 0 spiro atoms. The van der Waals surface area contributed by atoms with Crippen molar-refractivity contribution in [1.29, 1.82) is 0 Å². The van der Waals surface area contributed by atoms with Gasteiger partial charge in [0.1, 0.15) is 0 Å². The van der Waals surface area contributed by atoms with Crippen molar-refractivity contribution in [2.75, 3.05) is 26.8 Å². The number of hydrogen-bond donors (Lipinski definition) is 0. The quantitative estimate of drug-likeness (QED) is 0.346. The number of aromatic nitrogens is 1. The highest BCUT2D eigenvalue weighted by atomic mass is 16.5. The molecular weight excluding hydrogens is 438 g/mol. The number of carbonyl (C=O) groups excluding carboxylic acids is 2. The third kappa shape index (κ3) is 8.53. The molecule has 0 aliphatic heterocycles. The molecule has 0 radical (unpaired) electrons. The highest BCUT2D eigenvalue weighted by Crippen LogP contribution is 2.25. The summed E-state index contributed by atoms with van der Waals surface area (Å²) in [6, 6.07) is 14.8. The van der Waals surface area contributed by atoms with Gasteiger partial charge >= 0.3 is 0 Å². The van der Waals surface area contributed by atoms with Crippen molar-refractivity contribution in [3.63, 3.8) is 0 Å². The molecule has 35 heavy (non-hydrogen) atoms. The van der Waals surface area contributed by atoms with Crippen LogP contribution in [0.1, 0.15) is 76.0 Å². The Morgan fingerprint density at radius 3 is 2.49 bits per heavy atom. The lowest BCUT2D eigenvalue weighted by molar-refractivity contribution is -0.143. The van der Waals surface area contributed by atoms with Gasteiger partial charge in [-0.05, 0) is 43.4 Å². The Balaban J connectivity index is 1.75. The Morgan fingerprint density at radius 2 is 1.77 bits per heavy atom. The summed E-state index contributed by atoms with van der Waals surface area (Å²) in [5.41, 5.74) is 2.38. The van der Waals surface area contributed by atoms with Gasteiger partial charge < -0.3 is 19.1 Å². The number of ether oxygens (including phenoxy) is 1. The van der Waals surface area contributed by atoms with E-state index in [-0.39, 0.29) is 24.4 Å². The van der Waals surface area contributed by atoms with E-state index in [4.69, 9.17) is 4.74 Å². The lowest BCUT2D eigenvalue weighted by Crippen LogP contribution is -2.47. The summed E-state index contributed by atoms with van der Waals surface area (Å²) in [5, 5.41) is 0. The number of methoxy groups -OCH3 is 1. The van der Waals surface area contributed by atoms with Gasteiger partial charge in [-0.25, -0.2) is 0 Å². The Kier molecular flexibility index (Phi) is 11.4. The van der Waals surface area contributed by atoms with Crippen molar-refractivity contribution >= 4 is 11.8 Å². The van der Waals surface area contributed by atoms with Crippen LogP contribution in [-0.2, 0) is 27.4 Å². The second kappa shape index (κ2) is 14.7. The van der Waals surface area contributed by atoms with Crippen molar-refractivity contribution in [1.82, 2.24) is 14.4 Å². The number of unbranched alkanes of at least 4 members (excludes halogenated alkanes) is 1. The standard InChI is InChI=1S/C29H43N3O3/c1-3-4-18-28(33)31(20-12-21-35-2)24-29(34)32(26-15-9-6-10-16-26)23-27-17-11-19-30(27)22-25-13-7-5-8-14-25/h5,7-8,11,13-14,17,19,26H,3-4,6,9-10,12,15-16,18,20-24H2,1-2H3. The summed E-state index contributed by atoms with van der Waals surface area (Å²) in [4.78, 5) is 30.5. The Bertz CT molecular complexity index is 890. The summed E-state index contributed by atoms with van der Waals surface area (Å²) >= 11 is 0. The van der Waals surface area contributed by atoms with Crippen LogP contribution in [0.15, 0.2) is 48.7 Å². The van der Waals surface area contributed by atoms with Gasteiger partial charge in [0.05, 0.1) is 13.1 Å². The van der Waals surface area contributed by atoms with Crippen LogP contribution in [0.5, 0.6) is 0 Å². The summed E-state index contributed by atoms with van der Waals surface area (Å²) in [6.45, 7) is 4.76. The van der Waals surface area contributed by atoms with Gasteiger partial charge in [0, 0.05) is 51.2 Å². The fourth-order valence-corrected chi connectivity index (χ4v) is 4.95. The van der Waals surface area contributed by atoms with Gasteiger partial charge in [-0.15, -0.1) is 0 Å². The van der Waals surface area contributed by atoms with E-state index in [0.29, 0.717) is 26.1 Å². The van der Waals surface area contributed by atoms with Gasteiger partial charge in [-0.1, -0.05) is 62.9 Å². The van der Waals surface area contributed by atoms with Crippen LogP contribution in [0.25, 0.3) is 0 Å². The first-order chi connectivity index (χ1) is 17.1. The lowest BCUT2D eigenvalue weighted by Gasteiger charge is -2.36. The van der Waals surface area contributed by atoms with Crippen LogP contribution in [0, 0.1) is 0 Å². The largest absolute Gasteiger partial charge is 0.385 e. The molecule has 2 amide bonds. The minimum atomic E-state index is 0.0617. The molecule has 1 saturated carbocycles. The normalized spacial score (nSPS) is 14.1. The molecule has 1 aliphatic carbocycles. The van der Waals surface area contributed by atoms with Crippen LogP contribution in [-0.4, -0.2) is 59.0 Å². The van der Waals surface area contributed by atoms with Crippen molar-refractivity contribution in [2.45, 2.75) is 83.8 Å². The summed E-state index contributed by atoms with van der Waals surface area (Å²) in [7, 11) is 1.67. The number of hydrogen-bond acceptors (Lipinski definition) is 3. The highest BCUT2D eigenvalue weighted by Gasteiger charge is 2.28. The monoisotopic (exact) mass is 481 g/mol. The summed E-state index contributed by atoms with van der Waals surface area (Å²) in [5.74, 6) is 0.138. The Labute approximate surface area is 211 Å². The third-order valence-corrected chi connectivity index (χ3v) is 6.99. The second-order valence-corrected chi connectivity index (χ2v) is 9.69. The van der Waals surface area contributed by atoms with E-state index in [1.165, 1.54) is 12.0 Å². The zero-order valence-corrected chi connectivity index (χ0v) is 21.7. The van der Waals surface area contributed by atoms with Crippen molar-refractivity contribution in [3.05, 3.63) is 59.9 Å². The minimum absolute atomic E-state index is 0.0617.